The van der Waals surface area contributed by atoms with Gasteiger partial charge >= 0.3 is 5.63 Å². The molecule has 1 aromatic carbocycles. The van der Waals surface area contributed by atoms with Gasteiger partial charge in [0.15, 0.2) is 4.96 Å². The lowest BCUT2D eigenvalue weighted by atomic mass is 10.1. The van der Waals surface area contributed by atoms with E-state index in [0.717, 1.165) is 29.1 Å². The molecule has 7 heteroatoms. The molecule has 3 aromatic heterocycles. The quantitative estimate of drug-likeness (QED) is 0.526. The van der Waals surface area contributed by atoms with Gasteiger partial charge in [0.05, 0.1) is 11.3 Å². The lowest BCUT2D eigenvalue weighted by Crippen LogP contribution is -2.54. The molecule has 1 N–H and O–H groups in total. The Morgan fingerprint density at radius 3 is 2.71 bits per heavy atom. The van der Waals surface area contributed by atoms with E-state index < -0.39 is 0 Å². The van der Waals surface area contributed by atoms with Gasteiger partial charge in [0.1, 0.15) is 5.58 Å². The maximum absolute atomic E-state index is 12.7. The summed E-state index contributed by atoms with van der Waals surface area (Å²) in [6.45, 7) is 8.29. The van der Waals surface area contributed by atoms with Crippen LogP contribution < -0.4 is 15.8 Å². The summed E-state index contributed by atoms with van der Waals surface area (Å²) in [6, 6.07) is 8.83. The van der Waals surface area contributed by atoms with Gasteiger partial charge in [-0.25, -0.2) is 9.78 Å². The highest BCUT2D eigenvalue weighted by molar-refractivity contribution is 7.17. The van der Waals surface area contributed by atoms with Crippen molar-refractivity contribution in [3.63, 3.8) is 0 Å². The monoisotopic (exact) mass is 394 g/mol. The summed E-state index contributed by atoms with van der Waals surface area (Å²) in [5.41, 5.74) is 2.49. The van der Waals surface area contributed by atoms with Crippen molar-refractivity contribution in [2.75, 3.05) is 18.0 Å². The molecule has 0 spiro atoms. The van der Waals surface area contributed by atoms with Crippen molar-refractivity contribution in [1.82, 2.24) is 14.7 Å². The summed E-state index contributed by atoms with van der Waals surface area (Å²) in [7, 11) is 0. The van der Waals surface area contributed by atoms with Crippen LogP contribution in [0.2, 0.25) is 0 Å². The van der Waals surface area contributed by atoms with Gasteiger partial charge in [-0.15, -0.1) is 11.3 Å². The third kappa shape index (κ3) is 3.00. The molecule has 1 aliphatic rings. The molecule has 1 saturated heterocycles. The number of benzene rings is 1. The largest absolute Gasteiger partial charge is 0.422 e. The zero-order chi connectivity index (χ0) is 19.4. The molecular weight excluding hydrogens is 372 g/mol. The van der Waals surface area contributed by atoms with Crippen LogP contribution in [0.5, 0.6) is 0 Å². The summed E-state index contributed by atoms with van der Waals surface area (Å²) < 4.78 is 7.64. The number of nitrogens with one attached hydrogen (secondary N) is 1. The molecular formula is C21H22N4O2S. The van der Waals surface area contributed by atoms with Crippen molar-refractivity contribution in [3.05, 3.63) is 52.0 Å². The fourth-order valence-electron chi connectivity index (χ4n) is 4.05. The zero-order valence-electron chi connectivity index (χ0n) is 16.1. The third-order valence-corrected chi connectivity index (χ3v) is 6.10. The molecule has 1 aliphatic heterocycles. The van der Waals surface area contributed by atoms with E-state index in [4.69, 9.17) is 4.42 Å². The Balaban J connectivity index is 1.54. The van der Waals surface area contributed by atoms with Crippen LogP contribution in [0.3, 0.4) is 0 Å². The maximum Gasteiger partial charge on any atom is 0.345 e. The second kappa shape index (κ2) is 6.46. The fourth-order valence-corrected chi connectivity index (χ4v) is 4.86. The highest BCUT2D eigenvalue weighted by Crippen LogP contribution is 2.27. The molecule has 28 heavy (non-hydrogen) atoms. The first-order chi connectivity index (χ1) is 13.5. The molecule has 0 radical (unpaired) electrons. The van der Waals surface area contributed by atoms with Crippen LogP contribution in [-0.2, 0) is 0 Å². The number of piperazine rings is 1. The van der Waals surface area contributed by atoms with Crippen LogP contribution in [-0.4, -0.2) is 34.6 Å². The number of aryl methyl sites for hydroxylation is 1. The van der Waals surface area contributed by atoms with Gasteiger partial charge in [0, 0.05) is 59.6 Å². The minimum Gasteiger partial charge on any atom is -0.422 e. The van der Waals surface area contributed by atoms with E-state index >= 15 is 0 Å². The number of anilines is 1. The Hall–Kier alpha value is -2.64. The van der Waals surface area contributed by atoms with Crippen LogP contribution in [0.1, 0.15) is 18.7 Å². The standard InChI is InChI=1S/C21H22N4O2S/c1-12-8-24(9-13(2)22-12)16-5-4-15-6-17(20(26)27-19(15)7-16)18-11-25-10-14(3)28-21(25)23-18/h4-7,10-13,22H,8-9H2,1-3H3/t12-,13+. The van der Waals surface area contributed by atoms with E-state index in [1.54, 1.807) is 11.3 Å². The molecule has 144 valence electrons. The van der Waals surface area contributed by atoms with Crippen molar-refractivity contribution < 1.29 is 4.42 Å². The normalized spacial score (nSPS) is 20.3. The first-order valence-corrected chi connectivity index (χ1v) is 10.3. The van der Waals surface area contributed by atoms with Crippen molar-refractivity contribution in [2.24, 2.45) is 0 Å². The number of hydrogen-bond donors (Lipinski definition) is 1. The van der Waals surface area contributed by atoms with Gasteiger partial charge < -0.3 is 14.6 Å². The number of fused-ring (bicyclic) bond motifs is 2. The summed E-state index contributed by atoms with van der Waals surface area (Å²) in [5.74, 6) is 0. The molecule has 2 atom stereocenters. The fraction of sp³-hybridized carbons (Fsp3) is 0.333. The van der Waals surface area contributed by atoms with Crippen LogP contribution in [0, 0.1) is 6.92 Å². The Labute approximate surface area is 166 Å². The molecule has 4 heterocycles. The van der Waals surface area contributed by atoms with Gasteiger partial charge in [-0.1, -0.05) is 0 Å². The Morgan fingerprint density at radius 2 is 1.96 bits per heavy atom. The molecule has 4 aromatic rings. The maximum atomic E-state index is 12.7. The van der Waals surface area contributed by atoms with Gasteiger partial charge in [-0.3, -0.25) is 4.40 Å². The number of imidazole rings is 1. The smallest absolute Gasteiger partial charge is 0.345 e. The predicted molar refractivity (Wildman–Crippen MR) is 114 cm³/mol. The van der Waals surface area contributed by atoms with Crippen LogP contribution in [0.15, 0.2) is 45.9 Å². The molecule has 0 unspecified atom stereocenters. The number of rotatable bonds is 2. The van der Waals surface area contributed by atoms with Crippen molar-refractivity contribution >= 4 is 33.0 Å². The van der Waals surface area contributed by atoms with Gasteiger partial charge in [0.2, 0.25) is 0 Å². The van der Waals surface area contributed by atoms with E-state index in [1.165, 1.54) is 4.88 Å². The minimum absolute atomic E-state index is 0.353. The number of nitrogens with zero attached hydrogens (tertiary/aromatic N) is 3. The molecule has 0 amide bonds. The lowest BCUT2D eigenvalue weighted by molar-refractivity contribution is 0.407. The highest BCUT2D eigenvalue weighted by Gasteiger charge is 2.21. The van der Waals surface area contributed by atoms with Crippen molar-refractivity contribution in [1.29, 1.82) is 0 Å². The van der Waals surface area contributed by atoms with Crippen LogP contribution in [0.4, 0.5) is 5.69 Å². The Kier molecular flexibility index (Phi) is 4.03. The molecule has 0 saturated carbocycles. The molecule has 0 bridgehead atoms. The van der Waals surface area contributed by atoms with Crippen LogP contribution >= 0.6 is 11.3 Å². The molecule has 6 nitrogen and oxygen atoms in total. The first-order valence-electron chi connectivity index (χ1n) is 9.51. The summed E-state index contributed by atoms with van der Waals surface area (Å²) in [6.07, 6.45) is 3.90. The van der Waals surface area contributed by atoms with E-state index in [1.807, 2.05) is 41.9 Å². The molecule has 5 rings (SSSR count). The van der Waals surface area contributed by atoms with Gasteiger partial charge in [0.25, 0.3) is 0 Å². The molecule has 0 aliphatic carbocycles. The van der Waals surface area contributed by atoms with E-state index in [0.29, 0.717) is 28.9 Å². The van der Waals surface area contributed by atoms with E-state index in [9.17, 15) is 4.79 Å². The topological polar surface area (TPSA) is 62.8 Å². The Morgan fingerprint density at radius 1 is 1.18 bits per heavy atom. The Bertz CT molecular complexity index is 1200. The average molecular weight is 395 g/mol. The second-order valence-corrected chi connectivity index (χ2v) is 8.91. The SMILES string of the molecule is Cc1cn2cc(-c3cc4ccc(N5C[C@@H](C)N[C@@H](C)C5)cc4oc3=O)nc2s1. The molecule has 1 fully saturated rings. The summed E-state index contributed by atoms with van der Waals surface area (Å²) in [5, 5.41) is 4.44. The lowest BCUT2D eigenvalue weighted by Gasteiger charge is -2.37. The number of aromatic nitrogens is 2. The van der Waals surface area contributed by atoms with E-state index in [-0.39, 0.29) is 5.63 Å². The zero-order valence-corrected chi connectivity index (χ0v) is 16.9. The highest BCUT2D eigenvalue weighted by atomic mass is 32.1. The minimum atomic E-state index is -0.353. The van der Waals surface area contributed by atoms with Gasteiger partial charge in [-0.2, -0.15) is 0 Å². The van der Waals surface area contributed by atoms with E-state index in [2.05, 4.69) is 35.1 Å². The van der Waals surface area contributed by atoms with Gasteiger partial charge in [-0.05, 0) is 39.0 Å². The predicted octanol–water partition coefficient (Wildman–Crippen LogP) is 3.66. The third-order valence-electron chi connectivity index (χ3n) is 5.19. The van der Waals surface area contributed by atoms with Crippen LogP contribution in [0.25, 0.3) is 27.2 Å². The summed E-state index contributed by atoms with van der Waals surface area (Å²) in [4.78, 5) is 21.6. The second-order valence-electron chi connectivity index (χ2n) is 7.70. The average Bonchev–Trinajstić information content (AvgIpc) is 3.17. The summed E-state index contributed by atoms with van der Waals surface area (Å²) >= 11 is 1.60. The number of hydrogen-bond acceptors (Lipinski definition) is 6. The number of thiazole rings is 1. The first kappa shape index (κ1) is 17.5. The van der Waals surface area contributed by atoms with Crippen molar-refractivity contribution in [2.45, 2.75) is 32.9 Å². The van der Waals surface area contributed by atoms with Crippen molar-refractivity contribution in [3.8, 4) is 11.3 Å².